The van der Waals surface area contributed by atoms with Crippen molar-refractivity contribution < 1.29 is 13.5 Å². The summed E-state index contributed by atoms with van der Waals surface area (Å²) in [5.74, 6) is 0.990. The van der Waals surface area contributed by atoms with E-state index in [9.17, 15) is 8.78 Å². The van der Waals surface area contributed by atoms with Crippen LogP contribution in [0.1, 0.15) is 36.6 Å². The first-order valence-electron chi connectivity index (χ1n) is 11.7. The summed E-state index contributed by atoms with van der Waals surface area (Å²) in [4.78, 5) is 8.66. The summed E-state index contributed by atoms with van der Waals surface area (Å²) in [6, 6.07) is 16.2. The largest absolute Gasteiger partial charge is 0.472 e. The topological polar surface area (TPSA) is 66.4 Å². The first-order valence-corrected chi connectivity index (χ1v) is 11.7. The number of pyridine rings is 1. The van der Waals surface area contributed by atoms with Gasteiger partial charge < -0.3 is 19.9 Å². The Morgan fingerprint density at radius 3 is 2.46 bits per heavy atom. The van der Waals surface area contributed by atoms with Crippen LogP contribution < -0.4 is 15.0 Å². The fraction of sp³-hybridized carbons (Fsp3) is 0.346. The van der Waals surface area contributed by atoms with Crippen LogP contribution in [0.2, 0.25) is 0 Å². The van der Waals surface area contributed by atoms with Crippen LogP contribution in [0, 0.1) is 0 Å². The maximum absolute atomic E-state index is 12.6. The SMILES string of the molecule is C=C(C)N1CC2CC1CN2c1ccc(CNc2ccc(OCc3ccc(C(F)F)nc3)nn2)cc1. The van der Waals surface area contributed by atoms with Gasteiger partial charge in [-0.05, 0) is 43.2 Å². The third kappa shape index (κ3) is 5.18. The molecule has 182 valence electrons. The first-order chi connectivity index (χ1) is 17.0. The Morgan fingerprint density at radius 1 is 1.06 bits per heavy atom. The van der Waals surface area contributed by atoms with Gasteiger partial charge in [0.25, 0.3) is 6.43 Å². The van der Waals surface area contributed by atoms with E-state index in [1.54, 1.807) is 18.2 Å². The van der Waals surface area contributed by atoms with E-state index < -0.39 is 6.43 Å². The van der Waals surface area contributed by atoms with Crippen molar-refractivity contribution in [1.82, 2.24) is 20.1 Å². The van der Waals surface area contributed by atoms with Crippen LogP contribution in [0.3, 0.4) is 0 Å². The lowest BCUT2D eigenvalue weighted by molar-refractivity contribution is 0.146. The van der Waals surface area contributed by atoms with Crippen molar-refractivity contribution in [2.45, 2.75) is 45.0 Å². The number of ether oxygens (including phenoxy) is 1. The number of nitrogens with zero attached hydrogens (tertiary/aromatic N) is 5. The van der Waals surface area contributed by atoms with Gasteiger partial charge >= 0.3 is 0 Å². The fourth-order valence-corrected chi connectivity index (χ4v) is 4.75. The zero-order chi connectivity index (χ0) is 24.4. The number of aromatic nitrogens is 3. The minimum atomic E-state index is -2.58. The molecule has 4 heterocycles. The third-order valence-electron chi connectivity index (χ3n) is 6.57. The standard InChI is InChI=1S/C26H28F2N6O/c1-17(2)33-14-22-11-21(33)15-34(22)20-6-3-18(4-7-20)12-30-24-9-10-25(32-31-24)35-16-19-5-8-23(26(27)28)29-13-19/h3-10,13,21-22,26H,1,11-12,14-16H2,2H3,(H,30,31). The van der Waals surface area contributed by atoms with Crippen molar-refractivity contribution in [2.75, 3.05) is 23.3 Å². The Bertz CT molecular complexity index is 1150. The van der Waals surface area contributed by atoms with Crippen LogP contribution in [0.4, 0.5) is 20.3 Å². The molecule has 1 aromatic carbocycles. The molecule has 2 saturated heterocycles. The Morgan fingerprint density at radius 2 is 1.86 bits per heavy atom. The van der Waals surface area contributed by atoms with E-state index in [4.69, 9.17) is 4.74 Å². The second-order valence-corrected chi connectivity index (χ2v) is 9.04. The third-order valence-corrected chi connectivity index (χ3v) is 6.57. The van der Waals surface area contributed by atoms with Crippen LogP contribution in [0.5, 0.6) is 5.88 Å². The molecule has 1 N–H and O–H groups in total. The molecule has 2 fully saturated rings. The second kappa shape index (κ2) is 9.85. The second-order valence-electron chi connectivity index (χ2n) is 9.04. The van der Waals surface area contributed by atoms with Crippen molar-refractivity contribution in [3.8, 4) is 5.88 Å². The molecule has 2 aromatic heterocycles. The summed E-state index contributed by atoms with van der Waals surface area (Å²) >= 11 is 0. The van der Waals surface area contributed by atoms with Crippen molar-refractivity contribution in [3.05, 3.63) is 83.8 Å². The summed E-state index contributed by atoms with van der Waals surface area (Å²) in [6.07, 6.45) is -0.000240. The summed E-state index contributed by atoms with van der Waals surface area (Å²) in [5, 5.41) is 11.5. The maximum Gasteiger partial charge on any atom is 0.280 e. The molecule has 0 saturated carbocycles. The molecule has 2 aliphatic heterocycles. The molecule has 0 radical (unpaired) electrons. The molecule has 2 unspecified atom stereocenters. The molecule has 7 nitrogen and oxygen atoms in total. The average Bonchev–Trinajstić information content (AvgIpc) is 3.49. The molecule has 2 bridgehead atoms. The van der Waals surface area contributed by atoms with Crippen LogP contribution in [-0.4, -0.2) is 45.3 Å². The summed E-state index contributed by atoms with van der Waals surface area (Å²) in [7, 11) is 0. The number of hydrogen-bond donors (Lipinski definition) is 1. The highest BCUT2D eigenvalue weighted by molar-refractivity contribution is 5.51. The molecule has 3 aromatic rings. The number of halogens is 2. The number of likely N-dealkylation sites (tertiary alicyclic amines) is 1. The summed E-state index contributed by atoms with van der Waals surface area (Å²) in [5.41, 5.74) is 4.01. The molecule has 35 heavy (non-hydrogen) atoms. The van der Waals surface area contributed by atoms with Crippen LogP contribution >= 0.6 is 0 Å². The number of benzene rings is 1. The summed E-state index contributed by atoms with van der Waals surface area (Å²) < 4.78 is 30.7. The molecular weight excluding hydrogens is 450 g/mol. The number of piperazine rings is 1. The number of nitrogens with one attached hydrogen (secondary N) is 1. The van der Waals surface area contributed by atoms with Crippen LogP contribution in [0.25, 0.3) is 0 Å². The summed E-state index contributed by atoms with van der Waals surface area (Å²) in [6.45, 7) is 9.12. The predicted octanol–water partition coefficient (Wildman–Crippen LogP) is 4.80. The van der Waals surface area contributed by atoms with Crippen molar-refractivity contribution in [3.63, 3.8) is 0 Å². The van der Waals surface area contributed by atoms with E-state index >= 15 is 0 Å². The molecule has 5 rings (SSSR count). The lowest BCUT2D eigenvalue weighted by Crippen LogP contribution is -2.45. The minimum Gasteiger partial charge on any atom is -0.472 e. The molecule has 2 atom stereocenters. The van der Waals surface area contributed by atoms with Crippen molar-refractivity contribution >= 4 is 11.5 Å². The monoisotopic (exact) mass is 478 g/mol. The van der Waals surface area contributed by atoms with E-state index in [1.807, 2.05) is 0 Å². The van der Waals surface area contributed by atoms with Crippen molar-refractivity contribution in [2.24, 2.45) is 0 Å². The van der Waals surface area contributed by atoms with Gasteiger partial charge in [0.15, 0.2) is 0 Å². The number of allylic oxidation sites excluding steroid dienone is 1. The Labute approximate surface area is 203 Å². The van der Waals surface area contributed by atoms with E-state index in [-0.39, 0.29) is 12.3 Å². The number of alkyl halides is 2. The fourth-order valence-electron chi connectivity index (χ4n) is 4.75. The number of fused-ring (bicyclic) bond motifs is 2. The van der Waals surface area contributed by atoms with Gasteiger partial charge in [0, 0.05) is 60.9 Å². The van der Waals surface area contributed by atoms with Gasteiger partial charge in [0.05, 0.1) is 0 Å². The van der Waals surface area contributed by atoms with Crippen LogP contribution in [-0.2, 0) is 13.2 Å². The zero-order valence-corrected chi connectivity index (χ0v) is 19.6. The van der Waals surface area contributed by atoms with Crippen molar-refractivity contribution in [1.29, 1.82) is 0 Å². The van der Waals surface area contributed by atoms with E-state index in [0.29, 0.717) is 35.9 Å². The van der Waals surface area contributed by atoms with E-state index in [2.05, 4.69) is 68.1 Å². The molecular formula is C26H28F2N6O. The highest BCUT2D eigenvalue weighted by atomic mass is 19.3. The minimum absolute atomic E-state index is 0.175. The van der Waals surface area contributed by atoms with Crippen LogP contribution in [0.15, 0.2) is 67.0 Å². The highest BCUT2D eigenvalue weighted by Crippen LogP contribution is 2.36. The Kier molecular flexibility index (Phi) is 6.48. The van der Waals surface area contributed by atoms with Gasteiger partial charge in [0.2, 0.25) is 5.88 Å². The predicted molar refractivity (Wildman–Crippen MR) is 130 cm³/mol. The van der Waals surface area contributed by atoms with E-state index in [1.165, 1.54) is 30.1 Å². The number of rotatable bonds is 9. The van der Waals surface area contributed by atoms with Gasteiger partial charge in [-0.15, -0.1) is 10.2 Å². The molecule has 0 aliphatic carbocycles. The van der Waals surface area contributed by atoms with E-state index in [0.717, 1.165) is 18.7 Å². The zero-order valence-electron chi connectivity index (χ0n) is 19.6. The number of anilines is 2. The molecule has 2 aliphatic rings. The first kappa shape index (κ1) is 23.0. The van der Waals surface area contributed by atoms with Gasteiger partial charge in [0.1, 0.15) is 18.1 Å². The smallest absolute Gasteiger partial charge is 0.280 e. The lowest BCUT2D eigenvalue weighted by atomic mass is 10.1. The Balaban J connectivity index is 1.09. The number of hydrogen-bond acceptors (Lipinski definition) is 7. The molecule has 0 spiro atoms. The molecule has 0 amide bonds. The van der Waals surface area contributed by atoms with Gasteiger partial charge in [-0.3, -0.25) is 4.98 Å². The molecule has 9 heteroatoms. The normalized spacial score (nSPS) is 18.9. The highest BCUT2D eigenvalue weighted by Gasteiger charge is 2.42. The quantitative estimate of drug-likeness (QED) is 0.474. The average molecular weight is 479 g/mol. The lowest BCUT2D eigenvalue weighted by Gasteiger charge is -2.37. The van der Waals surface area contributed by atoms with Gasteiger partial charge in [-0.25, -0.2) is 8.78 Å². The Hall–Kier alpha value is -3.75. The van der Waals surface area contributed by atoms with Gasteiger partial charge in [-0.1, -0.05) is 24.8 Å². The maximum atomic E-state index is 12.6. The van der Waals surface area contributed by atoms with Gasteiger partial charge in [-0.2, -0.15) is 0 Å².